The maximum atomic E-state index is 10.7. The van der Waals surface area contributed by atoms with E-state index in [2.05, 4.69) is 0 Å². The van der Waals surface area contributed by atoms with Crippen LogP contribution in [0.5, 0.6) is 0 Å². The third kappa shape index (κ3) is 5.05. The minimum absolute atomic E-state index is 0.252. The van der Waals surface area contributed by atoms with Crippen LogP contribution >= 0.6 is 15.2 Å². The molecular weight excluding hydrogens is 230 g/mol. The highest BCUT2D eigenvalue weighted by Gasteiger charge is 2.35. The Balaban J connectivity index is 4.86. The van der Waals surface area contributed by atoms with E-state index >= 15 is 0 Å². The first kappa shape index (κ1) is 14.0. The first-order chi connectivity index (χ1) is 6.19. The van der Waals surface area contributed by atoms with E-state index in [0.29, 0.717) is 6.42 Å². The van der Waals surface area contributed by atoms with Crippen molar-refractivity contribution >= 4 is 15.2 Å². The zero-order chi connectivity index (χ0) is 11.4. The van der Waals surface area contributed by atoms with Gasteiger partial charge in [0.25, 0.3) is 0 Å². The zero-order valence-electron chi connectivity index (χ0n) is 7.70. The van der Waals surface area contributed by atoms with Gasteiger partial charge in [0.1, 0.15) is 5.06 Å². The summed E-state index contributed by atoms with van der Waals surface area (Å²) in [6.45, 7) is 1.86. The lowest BCUT2D eigenvalue weighted by Gasteiger charge is -2.10. The standard InChI is InChI=1S/C6H14O6P2/c1-2-3-4-5-6(13(7,8)9)14(10,11)12/h5H,2-4H2,1H3,(H2,7,8,9)(H2,10,11,12). The molecule has 6 nitrogen and oxygen atoms in total. The number of rotatable bonds is 5. The smallest absolute Gasteiger partial charge is 0.321 e. The van der Waals surface area contributed by atoms with E-state index in [-0.39, 0.29) is 6.42 Å². The van der Waals surface area contributed by atoms with Gasteiger partial charge in [-0.1, -0.05) is 25.8 Å². The minimum atomic E-state index is -4.84. The average Bonchev–Trinajstić information content (AvgIpc) is 1.92. The maximum absolute atomic E-state index is 10.7. The van der Waals surface area contributed by atoms with E-state index in [1.54, 1.807) is 0 Å². The average molecular weight is 244 g/mol. The van der Waals surface area contributed by atoms with Crippen molar-refractivity contribution in [3.8, 4) is 0 Å². The van der Waals surface area contributed by atoms with Gasteiger partial charge in [0, 0.05) is 0 Å². The van der Waals surface area contributed by atoms with Crippen LogP contribution in [0.1, 0.15) is 26.2 Å². The van der Waals surface area contributed by atoms with Crippen molar-refractivity contribution in [3.05, 3.63) is 11.1 Å². The molecule has 0 rings (SSSR count). The SMILES string of the molecule is CCCCC=C(P(=O)(O)O)P(=O)(O)O. The van der Waals surface area contributed by atoms with E-state index in [9.17, 15) is 9.13 Å². The van der Waals surface area contributed by atoms with E-state index < -0.39 is 20.2 Å². The van der Waals surface area contributed by atoms with Crippen LogP contribution in [-0.2, 0) is 9.13 Å². The Morgan fingerprint density at radius 2 is 1.57 bits per heavy atom. The van der Waals surface area contributed by atoms with Crippen LogP contribution in [0.2, 0.25) is 0 Å². The van der Waals surface area contributed by atoms with Crippen molar-refractivity contribution in [1.29, 1.82) is 0 Å². The van der Waals surface area contributed by atoms with Crippen LogP contribution < -0.4 is 0 Å². The number of allylic oxidation sites excluding steroid dienone is 1. The summed E-state index contributed by atoms with van der Waals surface area (Å²) >= 11 is 0. The highest BCUT2D eigenvalue weighted by molar-refractivity contribution is 7.77. The van der Waals surface area contributed by atoms with E-state index in [0.717, 1.165) is 12.5 Å². The molecule has 0 radical (unpaired) electrons. The molecule has 0 spiro atoms. The van der Waals surface area contributed by atoms with Crippen molar-refractivity contribution in [3.63, 3.8) is 0 Å². The summed E-state index contributed by atoms with van der Waals surface area (Å²) in [5, 5.41) is -1.07. The second kappa shape index (κ2) is 5.21. The molecule has 84 valence electrons. The molecular formula is C6H14O6P2. The highest BCUT2D eigenvalue weighted by atomic mass is 31.2. The molecule has 4 N–H and O–H groups in total. The fourth-order valence-corrected chi connectivity index (χ4v) is 2.93. The predicted octanol–water partition coefficient (Wildman–Crippen LogP) is 1.37. The lowest BCUT2D eigenvalue weighted by molar-refractivity contribution is 0.367. The third-order valence-corrected chi connectivity index (χ3v) is 4.60. The Hall–Kier alpha value is 0.0400. The van der Waals surface area contributed by atoms with E-state index in [1.165, 1.54) is 0 Å². The van der Waals surface area contributed by atoms with Crippen LogP contribution in [0.25, 0.3) is 0 Å². The summed E-state index contributed by atoms with van der Waals surface area (Å²) in [4.78, 5) is 34.7. The van der Waals surface area contributed by atoms with Gasteiger partial charge in [0.2, 0.25) is 0 Å². The van der Waals surface area contributed by atoms with Gasteiger partial charge < -0.3 is 19.6 Å². The first-order valence-corrected chi connectivity index (χ1v) is 7.24. The van der Waals surface area contributed by atoms with Gasteiger partial charge in [0.05, 0.1) is 0 Å². The summed E-state index contributed by atoms with van der Waals surface area (Å²) in [7, 11) is -9.68. The molecule has 0 unspecified atom stereocenters. The molecule has 0 atom stereocenters. The second-order valence-corrected chi connectivity index (χ2v) is 6.29. The van der Waals surface area contributed by atoms with Gasteiger partial charge >= 0.3 is 15.2 Å². The van der Waals surface area contributed by atoms with Crippen LogP contribution in [0.15, 0.2) is 11.1 Å². The summed E-state index contributed by atoms with van der Waals surface area (Å²) < 4.78 is 21.4. The molecule has 0 aromatic rings. The predicted molar refractivity (Wildman–Crippen MR) is 51.7 cm³/mol. The van der Waals surface area contributed by atoms with Gasteiger partial charge in [-0.15, -0.1) is 0 Å². The van der Waals surface area contributed by atoms with Gasteiger partial charge in [-0.2, -0.15) is 0 Å². The lowest BCUT2D eigenvalue weighted by Crippen LogP contribution is -1.88. The fraction of sp³-hybridized carbons (Fsp3) is 0.667. The molecule has 0 bridgehead atoms. The molecule has 0 aromatic heterocycles. The zero-order valence-corrected chi connectivity index (χ0v) is 9.49. The Morgan fingerprint density at radius 1 is 1.14 bits per heavy atom. The Morgan fingerprint density at radius 3 is 1.86 bits per heavy atom. The maximum Gasteiger partial charge on any atom is 0.364 e. The topological polar surface area (TPSA) is 115 Å². The number of hydrogen-bond donors (Lipinski definition) is 4. The van der Waals surface area contributed by atoms with Crippen molar-refractivity contribution < 1.29 is 28.7 Å². The molecule has 8 heteroatoms. The van der Waals surface area contributed by atoms with Crippen molar-refractivity contribution in [1.82, 2.24) is 0 Å². The molecule has 0 fully saturated rings. The van der Waals surface area contributed by atoms with E-state index in [1.807, 2.05) is 6.92 Å². The summed E-state index contributed by atoms with van der Waals surface area (Å²) in [6, 6.07) is 0. The normalized spacial score (nSPS) is 12.6. The van der Waals surface area contributed by atoms with Gasteiger partial charge in [-0.3, -0.25) is 9.13 Å². The molecule has 0 aromatic carbocycles. The molecule has 0 aliphatic heterocycles. The van der Waals surface area contributed by atoms with Gasteiger partial charge in [-0.25, -0.2) is 0 Å². The quantitative estimate of drug-likeness (QED) is 0.429. The Kier molecular flexibility index (Phi) is 5.23. The Labute approximate surface area is 82.0 Å². The minimum Gasteiger partial charge on any atom is -0.321 e. The molecule has 0 saturated heterocycles. The molecule has 0 aliphatic carbocycles. The van der Waals surface area contributed by atoms with Crippen LogP contribution in [0, 0.1) is 0 Å². The van der Waals surface area contributed by atoms with Crippen LogP contribution in [0.4, 0.5) is 0 Å². The summed E-state index contributed by atoms with van der Waals surface area (Å²) in [5.74, 6) is 0. The first-order valence-electron chi connectivity index (χ1n) is 4.02. The summed E-state index contributed by atoms with van der Waals surface area (Å²) in [5.41, 5.74) is 0. The fourth-order valence-electron chi connectivity index (χ4n) is 0.843. The lowest BCUT2D eigenvalue weighted by atomic mass is 10.2. The molecule has 0 saturated carbocycles. The largest absolute Gasteiger partial charge is 0.364 e. The molecule has 0 amide bonds. The van der Waals surface area contributed by atoms with Gasteiger partial charge in [0.15, 0.2) is 0 Å². The molecule has 14 heavy (non-hydrogen) atoms. The van der Waals surface area contributed by atoms with Crippen molar-refractivity contribution in [2.24, 2.45) is 0 Å². The third-order valence-electron chi connectivity index (χ3n) is 1.48. The molecule has 0 heterocycles. The summed E-state index contributed by atoms with van der Waals surface area (Å²) in [6.07, 6.45) is 2.60. The van der Waals surface area contributed by atoms with Gasteiger partial charge in [-0.05, 0) is 6.42 Å². The van der Waals surface area contributed by atoms with E-state index in [4.69, 9.17) is 19.6 Å². The van der Waals surface area contributed by atoms with Crippen molar-refractivity contribution in [2.45, 2.75) is 26.2 Å². The highest BCUT2D eigenvalue weighted by Crippen LogP contribution is 2.63. The number of unbranched alkanes of at least 4 members (excludes halogenated alkanes) is 2. The second-order valence-electron chi connectivity index (χ2n) is 2.79. The van der Waals surface area contributed by atoms with Crippen LogP contribution in [0.3, 0.4) is 0 Å². The number of hydrogen-bond acceptors (Lipinski definition) is 2. The van der Waals surface area contributed by atoms with Crippen LogP contribution in [-0.4, -0.2) is 19.6 Å². The monoisotopic (exact) mass is 244 g/mol. The Bertz CT molecular complexity index is 273. The molecule has 0 aliphatic rings. The van der Waals surface area contributed by atoms with Crippen molar-refractivity contribution in [2.75, 3.05) is 0 Å².